The van der Waals surface area contributed by atoms with Crippen LogP contribution >= 0.6 is 0 Å². The highest BCUT2D eigenvalue weighted by Gasteiger charge is 2.24. The van der Waals surface area contributed by atoms with Crippen molar-refractivity contribution < 1.29 is 4.42 Å². The highest BCUT2D eigenvalue weighted by Crippen LogP contribution is 2.46. The van der Waals surface area contributed by atoms with E-state index in [1.54, 1.807) is 0 Å². The Labute approximate surface area is 275 Å². The molecule has 0 saturated heterocycles. The third kappa shape index (κ3) is 3.54. The van der Waals surface area contributed by atoms with Crippen molar-refractivity contribution in [2.24, 2.45) is 0 Å². The third-order valence-corrected chi connectivity index (χ3v) is 9.94. The van der Waals surface area contributed by atoms with E-state index in [1.807, 2.05) is 12.1 Å². The lowest BCUT2D eigenvalue weighted by molar-refractivity contribution is 0.669. The minimum Gasteiger partial charge on any atom is -0.456 e. The van der Waals surface area contributed by atoms with E-state index >= 15 is 0 Å². The van der Waals surface area contributed by atoms with Crippen LogP contribution in [0.2, 0.25) is 0 Å². The molecule has 0 bridgehead atoms. The minimum atomic E-state index is 0.735. The molecule has 222 valence electrons. The molecule has 0 amide bonds. The van der Waals surface area contributed by atoms with Crippen LogP contribution < -0.4 is 0 Å². The van der Waals surface area contributed by atoms with Crippen LogP contribution in [0.1, 0.15) is 0 Å². The number of para-hydroxylation sites is 2. The number of aromatic nitrogens is 3. The Hall–Kier alpha value is -6.52. The maximum atomic E-state index is 6.10. The summed E-state index contributed by atoms with van der Waals surface area (Å²) in [6.07, 6.45) is 0. The minimum absolute atomic E-state index is 0.735. The molecule has 0 aliphatic heterocycles. The highest BCUT2D eigenvalue weighted by atomic mass is 16.3. The molecular weight excluding hydrogens is 587 g/mol. The Morgan fingerprint density at radius 1 is 0.438 bits per heavy atom. The average molecular weight is 612 g/mol. The number of benzene rings is 7. The smallest absolute Gasteiger partial charge is 0.160 e. The van der Waals surface area contributed by atoms with Crippen LogP contribution in [0.15, 0.2) is 156 Å². The lowest BCUT2D eigenvalue weighted by Crippen LogP contribution is -1.97. The second-order valence-electron chi connectivity index (χ2n) is 12.6. The Morgan fingerprint density at radius 3 is 2.08 bits per heavy atom. The molecule has 0 N–H and O–H groups in total. The summed E-state index contributed by atoms with van der Waals surface area (Å²) in [6, 6.07) is 53.7. The molecule has 3 aromatic heterocycles. The molecule has 11 rings (SSSR count). The number of hydrogen-bond donors (Lipinski definition) is 0. The average Bonchev–Trinajstić information content (AvgIpc) is 3.80. The van der Waals surface area contributed by atoms with Crippen LogP contribution in [0.25, 0.3) is 105 Å². The molecule has 0 atom stereocenters. The van der Waals surface area contributed by atoms with Gasteiger partial charge < -0.3 is 8.98 Å². The fourth-order valence-electron chi connectivity index (χ4n) is 7.78. The SMILES string of the molecule is c1cc(-c2nc3c4c(cccc4n2)-c2ccccc2-3)cc(-n2c3ccccc3c3cc(-c4ccc5oc6ccccc6c5c4)ccc32)c1. The van der Waals surface area contributed by atoms with E-state index in [0.717, 1.165) is 66.6 Å². The van der Waals surface area contributed by atoms with Gasteiger partial charge >= 0.3 is 0 Å². The Bertz CT molecular complexity index is 2960. The second kappa shape index (κ2) is 9.50. The van der Waals surface area contributed by atoms with Gasteiger partial charge in [-0.05, 0) is 76.9 Å². The standard InChI is InChI=1S/C44H25N3O/c1-2-14-34-30(11-1)33-15-8-16-37-42(33)43(34)46-44(45-37)28-9-7-10-29(23-28)47-38-17-5-3-12-31(38)35-24-26(19-21-39(35)47)27-20-22-41-36(25-27)32-13-4-6-18-40(32)48-41/h1-25H. The van der Waals surface area contributed by atoms with Crippen molar-refractivity contribution >= 4 is 54.6 Å². The summed E-state index contributed by atoms with van der Waals surface area (Å²) < 4.78 is 8.46. The molecule has 0 fully saturated rings. The van der Waals surface area contributed by atoms with Crippen molar-refractivity contribution in [1.29, 1.82) is 0 Å². The second-order valence-corrected chi connectivity index (χ2v) is 12.6. The van der Waals surface area contributed by atoms with Crippen LogP contribution in [0.5, 0.6) is 0 Å². The molecule has 1 aliphatic carbocycles. The molecule has 0 unspecified atom stereocenters. The number of rotatable bonds is 3. The largest absolute Gasteiger partial charge is 0.456 e. The zero-order valence-corrected chi connectivity index (χ0v) is 25.7. The lowest BCUT2D eigenvalue weighted by atomic mass is 10.0. The van der Waals surface area contributed by atoms with Crippen molar-refractivity contribution in [3.05, 3.63) is 152 Å². The van der Waals surface area contributed by atoms with Gasteiger partial charge in [-0.25, -0.2) is 9.97 Å². The van der Waals surface area contributed by atoms with Crippen molar-refractivity contribution in [3.8, 4) is 50.6 Å². The van der Waals surface area contributed by atoms with Gasteiger partial charge in [0.1, 0.15) is 11.2 Å². The first kappa shape index (κ1) is 25.6. The van der Waals surface area contributed by atoms with Crippen molar-refractivity contribution in [3.63, 3.8) is 0 Å². The zero-order chi connectivity index (χ0) is 31.3. The van der Waals surface area contributed by atoms with Crippen molar-refractivity contribution in [2.75, 3.05) is 0 Å². The molecule has 10 aromatic rings. The fourth-order valence-corrected chi connectivity index (χ4v) is 7.78. The number of nitrogens with zero attached hydrogens (tertiary/aromatic N) is 3. The lowest BCUT2D eigenvalue weighted by Gasteiger charge is -2.11. The van der Waals surface area contributed by atoms with Crippen LogP contribution in [0, 0.1) is 0 Å². The topological polar surface area (TPSA) is 43.9 Å². The van der Waals surface area contributed by atoms with E-state index < -0.39 is 0 Å². The van der Waals surface area contributed by atoms with Gasteiger partial charge in [-0.1, -0.05) is 97.1 Å². The van der Waals surface area contributed by atoms with Gasteiger partial charge in [-0.15, -0.1) is 0 Å². The van der Waals surface area contributed by atoms with Crippen molar-refractivity contribution in [2.45, 2.75) is 0 Å². The molecule has 0 radical (unpaired) electrons. The van der Waals surface area contributed by atoms with Gasteiger partial charge in [0.25, 0.3) is 0 Å². The number of fused-ring (bicyclic) bond motifs is 9. The zero-order valence-electron chi connectivity index (χ0n) is 25.7. The molecule has 48 heavy (non-hydrogen) atoms. The summed E-state index contributed by atoms with van der Waals surface area (Å²) in [7, 11) is 0. The highest BCUT2D eigenvalue weighted by molar-refractivity contribution is 6.14. The van der Waals surface area contributed by atoms with Gasteiger partial charge in [0, 0.05) is 43.7 Å². The summed E-state index contributed by atoms with van der Waals surface area (Å²) in [4.78, 5) is 10.3. The first-order valence-corrected chi connectivity index (χ1v) is 16.2. The molecule has 1 aliphatic rings. The summed E-state index contributed by atoms with van der Waals surface area (Å²) in [5.41, 5.74) is 14.1. The third-order valence-electron chi connectivity index (χ3n) is 9.94. The summed E-state index contributed by atoms with van der Waals surface area (Å²) in [5.74, 6) is 0.735. The van der Waals surface area contributed by atoms with Crippen LogP contribution in [-0.2, 0) is 0 Å². The molecule has 3 heterocycles. The van der Waals surface area contributed by atoms with Gasteiger partial charge in [0.2, 0.25) is 0 Å². The maximum Gasteiger partial charge on any atom is 0.160 e. The van der Waals surface area contributed by atoms with E-state index in [4.69, 9.17) is 14.4 Å². The van der Waals surface area contributed by atoms with E-state index in [0.29, 0.717) is 0 Å². The van der Waals surface area contributed by atoms with E-state index in [-0.39, 0.29) is 0 Å². The Balaban J connectivity index is 1.07. The van der Waals surface area contributed by atoms with Gasteiger partial charge in [-0.3, -0.25) is 0 Å². The molecule has 0 spiro atoms. The van der Waals surface area contributed by atoms with Gasteiger partial charge in [0.05, 0.1) is 22.2 Å². The Morgan fingerprint density at radius 2 is 1.15 bits per heavy atom. The Kier molecular flexibility index (Phi) is 5.08. The first-order valence-electron chi connectivity index (χ1n) is 16.2. The van der Waals surface area contributed by atoms with E-state index in [2.05, 4.69) is 144 Å². The van der Waals surface area contributed by atoms with E-state index in [9.17, 15) is 0 Å². The quantitative estimate of drug-likeness (QED) is 0.200. The predicted molar refractivity (Wildman–Crippen MR) is 196 cm³/mol. The summed E-state index contributed by atoms with van der Waals surface area (Å²) in [6.45, 7) is 0. The van der Waals surface area contributed by atoms with Crippen LogP contribution in [-0.4, -0.2) is 14.5 Å². The molecular formula is C44H25N3O. The molecule has 0 saturated carbocycles. The number of furan rings is 1. The monoisotopic (exact) mass is 611 g/mol. The number of hydrogen-bond acceptors (Lipinski definition) is 3. The predicted octanol–water partition coefficient (Wildman–Crippen LogP) is 11.6. The van der Waals surface area contributed by atoms with Gasteiger partial charge in [0.15, 0.2) is 5.82 Å². The fraction of sp³-hybridized carbons (Fsp3) is 0. The first-order chi connectivity index (χ1) is 23.8. The van der Waals surface area contributed by atoms with Crippen LogP contribution in [0.3, 0.4) is 0 Å². The maximum absolute atomic E-state index is 6.10. The summed E-state index contributed by atoms with van der Waals surface area (Å²) in [5, 5.41) is 5.84. The molecule has 4 heteroatoms. The van der Waals surface area contributed by atoms with Gasteiger partial charge in [-0.2, -0.15) is 0 Å². The molecule has 7 aromatic carbocycles. The van der Waals surface area contributed by atoms with Crippen molar-refractivity contribution in [1.82, 2.24) is 14.5 Å². The summed E-state index contributed by atoms with van der Waals surface area (Å²) >= 11 is 0. The van der Waals surface area contributed by atoms with Crippen LogP contribution in [0.4, 0.5) is 0 Å². The normalized spacial score (nSPS) is 12.2. The van der Waals surface area contributed by atoms with E-state index in [1.165, 1.54) is 38.6 Å². The molecule has 4 nitrogen and oxygen atoms in total.